The Hall–Kier alpha value is -4.27. The molecule has 2 amide bonds. The number of carbonyl (C=O) groups excluding carboxylic acids is 2. The third-order valence-corrected chi connectivity index (χ3v) is 5.78. The molecule has 10 nitrogen and oxygen atoms in total. The van der Waals surface area contributed by atoms with E-state index in [1.165, 1.54) is 23.4 Å². The molecule has 2 N–H and O–H groups in total. The van der Waals surface area contributed by atoms with Crippen molar-refractivity contribution in [3.05, 3.63) is 71.6 Å². The molecule has 184 valence electrons. The summed E-state index contributed by atoms with van der Waals surface area (Å²) in [5.74, 6) is 5.18. The predicted molar refractivity (Wildman–Crippen MR) is 125 cm³/mol. The highest BCUT2D eigenvalue weighted by molar-refractivity contribution is 6.00. The summed E-state index contributed by atoms with van der Waals surface area (Å²) in [7, 11) is 1.58. The molecule has 1 unspecified atom stereocenters. The van der Waals surface area contributed by atoms with Gasteiger partial charge >= 0.3 is 6.03 Å². The van der Waals surface area contributed by atoms with Gasteiger partial charge in [-0.3, -0.25) is 4.79 Å². The minimum Gasteiger partial charge on any atom is -0.489 e. The summed E-state index contributed by atoms with van der Waals surface area (Å²) in [5, 5.41) is 16.8. The minimum atomic E-state index is -1.15. The van der Waals surface area contributed by atoms with Crippen LogP contribution in [0, 0.1) is 17.8 Å². The molecule has 1 saturated heterocycles. The number of nitrogens with one attached hydrogen (secondary N) is 1. The largest absolute Gasteiger partial charge is 0.489 e. The van der Waals surface area contributed by atoms with Crippen molar-refractivity contribution in [3.63, 3.8) is 0 Å². The van der Waals surface area contributed by atoms with E-state index in [-0.39, 0.29) is 25.7 Å². The summed E-state index contributed by atoms with van der Waals surface area (Å²) in [4.78, 5) is 31.1. The Morgan fingerprint density at radius 2 is 2.17 bits per heavy atom. The van der Waals surface area contributed by atoms with Gasteiger partial charge in [0.05, 0.1) is 25.1 Å². The molecule has 2 aliphatic rings. The van der Waals surface area contributed by atoms with E-state index < -0.39 is 23.6 Å². The molecule has 1 aromatic carbocycles. The highest BCUT2D eigenvalue weighted by atomic mass is 19.1. The number of rotatable bonds is 3. The van der Waals surface area contributed by atoms with Crippen molar-refractivity contribution in [1.29, 1.82) is 0 Å². The third-order valence-electron chi connectivity index (χ3n) is 5.78. The molecular formula is C25H22FN5O5. The van der Waals surface area contributed by atoms with E-state index >= 15 is 0 Å². The van der Waals surface area contributed by atoms with Gasteiger partial charge in [0.15, 0.2) is 5.60 Å². The van der Waals surface area contributed by atoms with Crippen molar-refractivity contribution in [3.8, 4) is 17.6 Å². The zero-order valence-electron chi connectivity index (χ0n) is 19.3. The van der Waals surface area contributed by atoms with Crippen LogP contribution >= 0.6 is 0 Å². The Kier molecular flexibility index (Phi) is 6.13. The lowest BCUT2D eigenvalue weighted by molar-refractivity contribution is -0.140. The summed E-state index contributed by atoms with van der Waals surface area (Å²) >= 11 is 0. The molecule has 11 heteroatoms. The van der Waals surface area contributed by atoms with Crippen LogP contribution in [0.5, 0.6) is 5.75 Å². The van der Waals surface area contributed by atoms with Gasteiger partial charge in [0.1, 0.15) is 18.4 Å². The normalized spacial score (nSPS) is 18.1. The van der Waals surface area contributed by atoms with Gasteiger partial charge < -0.3 is 24.8 Å². The first-order chi connectivity index (χ1) is 17.3. The van der Waals surface area contributed by atoms with Crippen molar-refractivity contribution in [2.24, 2.45) is 0 Å². The average molecular weight is 491 g/mol. The number of fused-ring (bicyclic) bond motifs is 1. The number of pyridine rings is 1. The van der Waals surface area contributed by atoms with Crippen LogP contribution in [0.15, 0.2) is 48.8 Å². The summed E-state index contributed by atoms with van der Waals surface area (Å²) in [5.41, 5.74) is 1.09. The van der Waals surface area contributed by atoms with Gasteiger partial charge in [-0.15, -0.1) is 0 Å². The maximum absolute atomic E-state index is 13.3. The lowest BCUT2D eigenvalue weighted by atomic mass is 10.0. The van der Waals surface area contributed by atoms with Crippen molar-refractivity contribution in [2.45, 2.75) is 18.1 Å². The molecule has 0 bridgehead atoms. The van der Waals surface area contributed by atoms with Crippen LogP contribution in [-0.4, -0.2) is 70.3 Å². The number of aromatic nitrogens is 3. The van der Waals surface area contributed by atoms with E-state index in [0.29, 0.717) is 34.7 Å². The van der Waals surface area contributed by atoms with Crippen molar-refractivity contribution in [1.82, 2.24) is 20.1 Å². The fourth-order valence-corrected chi connectivity index (χ4v) is 3.77. The van der Waals surface area contributed by atoms with E-state index in [1.807, 2.05) is 0 Å². The van der Waals surface area contributed by atoms with E-state index in [9.17, 15) is 19.1 Å². The smallest absolute Gasteiger partial charge is 0.342 e. The predicted octanol–water partition coefficient (Wildman–Crippen LogP) is 1.10. The van der Waals surface area contributed by atoms with Gasteiger partial charge in [-0.25, -0.2) is 9.78 Å². The molecule has 1 atom stereocenters. The number of aliphatic hydroxyl groups is 1. The van der Waals surface area contributed by atoms with Crippen LogP contribution in [0.3, 0.4) is 0 Å². The van der Waals surface area contributed by atoms with Crippen LogP contribution in [0.4, 0.5) is 14.9 Å². The molecule has 0 radical (unpaired) electrons. The Morgan fingerprint density at radius 1 is 1.33 bits per heavy atom. The molecular weight excluding hydrogens is 469 g/mol. The van der Waals surface area contributed by atoms with E-state index in [4.69, 9.17) is 9.47 Å². The van der Waals surface area contributed by atoms with Gasteiger partial charge in [0, 0.05) is 30.9 Å². The van der Waals surface area contributed by atoms with Crippen LogP contribution in [0.25, 0.3) is 0 Å². The molecule has 36 heavy (non-hydrogen) atoms. The van der Waals surface area contributed by atoms with Crippen LogP contribution in [-0.2, 0) is 16.0 Å². The number of benzene rings is 1. The van der Waals surface area contributed by atoms with Gasteiger partial charge in [-0.05, 0) is 35.9 Å². The Bertz CT molecular complexity index is 1390. The first kappa shape index (κ1) is 23.5. The quantitative estimate of drug-likeness (QED) is 0.416. The Labute approximate surface area is 205 Å². The van der Waals surface area contributed by atoms with Gasteiger partial charge in [0.25, 0.3) is 5.91 Å². The minimum absolute atomic E-state index is 0.0780. The number of halogens is 1. The zero-order valence-corrected chi connectivity index (χ0v) is 19.3. The second kappa shape index (κ2) is 9.41. The maximum atomic E-state index is 13.3. The first-order valence-electron chi connectivity index (χ1n) is 11.1. The summed E-state index contributed by atoms with van der Waals surface area (Å²) in [6, 6.07) is 8.02. The number of hydrogen-bond acceptors (Lipinski definition) is 7. The second-order valence-electron chi connectivity index (χ2n) is 8.59. The van der Waals surface area contributed by atoms with E-state index in [0.717, 1.165) is 4.68 Å². The SMILES string of the molecule is CN1C(=O)C(NC(=O)n2cc(Cc3cccc(F)n3)cn2)COc2ccc(C#CC3(O)COC3)cc21. The summed E-state index contributed by atoms with van der Waals surface area (Å²) < 4.78 is 25.2. The molecule has 0 saturated carbocycles. The van der Waals surface area contributed by atoms with Gasteiger partial charge in [0.2, 0.25) is 5.95 Å². The molecule has 5 rings (SSSR count). The highest BCUT2D eigenvalue weighted by Gasteiger charge is 2.34. The van der Waals surface area contributed by atoms with Crippen LogP contribution in [0.1, 0.15) is 16.8 Å². The monoisotopic (exact) mass is 491 g/mol. The summed E-state index contributed by atoms with van der Waals surface area (Å²) in [6.07, 6.45) is 3.27. The van der Waals surface area contributed by atoms with E-state index in [2.05, 4.69) is 27.2 Å². The molecule has 4 heterocycles. The second-order valence-corrected chi connectivity index (χ2v) is 8.59. The maximum Gasteiger partial charge on any atom is 0.342 e. The molecule has 0 aliphatic carbocycles. The van der Waals surface area contributed by atoms with Crippen LogP contribution in [0.2, 0.25) is 0 Å². The molecule has 1 fully saturated rings. The average Bonchev–Trinajstić information content (AvgIpc) is 3.28. The van der Waals surface area contributed by atoms with Crippen molar-refractivity contribution in [2.75, 3.05) is 31.8 Å². The van der Waals surface area contributed by atoms with Crippen molar-refractivity contribution >= 4 is 17.6 Å². The molecule has 3 aromatic rings. The first-order valence-corrected chi connectivity index (χ1v) is 11.1. The van der Waals surface area contributed by atoms with E-state index in [1.54, 1.807) is 37.4 Å². The Morgan fingerprint density at radius 3 is 2.92 bits per heavy atom. The number of hydrogen-bond donors (Lipinski definition) is 2. The lowest BCUT2D eigenvalue weighted by Crippen LogP contribution is -2.50. The summed E-state index contributed by atoms with van der Waals surface area (Å²) in [6.45, 7) is 0.242. The molecule has 0 spiro atoms. The van der Waals surface area contributed by atoms with Crippen molar-refractivity contribution < 1.29 is 28.6 Å². The number of amides is 2. The number of nitrogens with zero attached hydrogens (tertiary/aromatic N) is 4. The highest BCUT2D eigenvalue weighted by Crippen LogP contribution is 2.31. The fourth-order valence-electron chi connectivity index (χ4n) is 3.77. The molecule has 2 aliphatic heterocycles. The number of ether oxygens (including phenoxy) is 2. The molecule has 2 aromatic heterocycles. The third kappa shape index (κ3) is 4.91. The van der Waals surface area contributed by atoms with Gasteiger partial charge in [-0.1, -0.05) is 17.9 Å². The lowest BCUT2D eigenvalue weighted by Gasteiger charge is -2.30. The topological polar surface area (TPSA) is 119 Å². The van der Waals surface area contributed by atoms with Crippen LogP contribution < -0.4 is 15.0 Å². The number of carbonyl (C=O) groups is 2. The van der Waals surface area contributed by atoms with Gasteiger partial charge in [-0.2, -0.15) is 14.2 Å². The zero-order chi connectivity index (χ0) is 25.3. The fraction of sp³-hybridized carbons (Fsp3) is 0.280. The number of likely N-dealkylation sites (N-methyl/N-ethyl adjacent to an activating group) is 1. The number of anilines is 1. The standard InChI is InChI=1S/C25H22FN5O5/c1-30-20-10-16(7-8-25(34)14-35-15-25)5-6-21(20)36-13-19(23(30)32)29-24(33)31-12-17(11-27-31)9-18-3-2-4-22(26)28-18/h2-6,10-12,19,34H,9,13-15H2,1H3,(H,29,33). The Balaban J connectivity index is 1.26.